The average Bonchev–Trinajstić information content (AvgIpc) is 2.79. The number of nitrogens with zero attached hydrogens (tertiary/aromatic N) is 2. The van der Waals surface area contributed by atoms with E-state index in [-0.39, 0.29) is 0 Å². The van der Waals surface area contributed by atoms with Crippen LogP contribution in [-0.2, 0) is 18.3 Å². The minimum absolute atomic E-state index is 0.563. The lowest BCUT2D eigenvalue weighted by Crippen LogP contribution is -2.18. The Morgan fingerprint density at radius 1 is 1.30 bits per heavy atom. The number of hydrogen-bond donors (Lipinski definition) is 1. The lowest BCUT2D eigenvalue weighted by atomic mass is 10.1. The maximum Gasteiger partial charge on any atom is 0.159 e. The zero-order chi connectivity index (χ0) is 14.5. The van der Waals surface area contributed by atoms with Gasteiger partial charge in [0.15, 0.2) is 11.6 Å². The highest BCUT2D eigenvalue weighted by atomic mass is 19.2. The Kier molecular flexibility index (Phi) is 4.81. The zero-order valence-corrected chi connectivity index (χ0v) is 11.5. The molecular formula is C14H17F2N3O. The van der Waals surface area contributed by atoms with Gasteiger partial charge in [-0.2, -0.15) is 5.10 Å². The van der Waals surface area contributed by atoms with Gasteiger partial charge in [0.2, 0.25) is 0 Å². The summed E-state index contributed by atoms with van der Waals surface area (Å²) >= 11 is 0. The van der Waals surface area contributed by atoms with Crippen LogP contribution in [0.25, 0.3) is 11.3 Å². The fourth-order valence-electron chi connectivity index (χ4n) is 1.95. The number of ether oxygens (including phenoxy) is 1. The van der Waals surface area contributed by atoms with Crippen LogP contribution in [0, 0.1) is 11.6 Å². The number of rotatable bonds is 6. The Labute approximate surface area is 116 Å². The molecule has 2 rings (SSSR count). The second-order valence-corrected chi connectivity index (χ2v) is 4.48. The molecule has 108 valence electrons. The Bertz CT molecular complexity index is 584. The van der Waals surface area contributed by atoms with E-state index in [1.165, 1.54) is 6.07 Å². The third-order valence-corrected chi connectivity index (χ3v) is 2.90. The van der Waals surface area contributed by atoms with E-state index >= 15 is 0 Å². The summed E-state index contributed by atoms with van der Waals surface area (Å²) < 4.78 is 32.9. The van der Waals surface area contributed by atoms with Crippen molar-refractivity contribution in [2.24, 2.45) is 7.05 Å². The normalized spacial score (nSPS) is 11.0. The standard InChI is InChI=1S/C14H17F2N3O/c1-19-9-11(8-17-5-6-20-2)14(18-19)10-3-4-12(15)13(16)7-10/h3-4,7,9,17H,5-6,8H2,1-2H3. The van der Waals surface area contributed by atoms with E-state index in [1.54, 1.807) is 18.8 Å². The van der Waals surface area contributed by atoms with E-state index in [4.69, 9.17) is 4.74 Å². The quantitative estimate of drug-likeness (QED) is 0.824. The van der Waals surface area contributed by atoms with Crippen molar-refractivity contribution in [1.29, 1.82) is 0 Å². The fraction of sp³-hybridized carbons (Fsp3) is 0.357. The third-order valence-electron chi connectivity index (χ3n) is 2.90. The average molecular weight is 281 g/mol. The first-order valence-electron chi connectivity index (χ1n) is 6.29. The molecule has 0 atom stereocenters. The van der Waals surface area contributed by atoms with Gasteiger partial charge in [0, 0.05) is 44.6 Å². The topological polar surface area (TPSA) is 39.1 Å². The number of aromatic nitrogens is 2. The van der Waals surface area contributed by atoms with Gasteiger partial charge in [-0.25, -0.2) is 8.78 Å². The molecule has 4 nitrogen and oxygen atoms in total. The van der Waals surface area contributed by atoms with Gasteiger partial charge >= 0.3 is 0 Å². The predicted octanol–water partition coefficient (Wildman–Crippen LogP) is 2.10. The number of nitrogens with one attached hydrogen (secondary N) is 1. The molecule has 0 unspecified atom stereocenters. The molecule has 0 aliphatic rings. The van der Waals surface area contributed by atoms with Crippen LogP contribution >= 0.6 is 0 Å². The molecule has 0 radical (unpaired) electrons. The van der Waals surface area contributed by atoms with Gasteiger partial charge in [0.05, 0.1) is 12.3 Å². The molecule has 2 aromatic rings. The molecule has 0 spiro atoms. The first kappa shape index (κ1) is 14.6. The molecule has 0 saturated carbocycles. The lowest BCUT2D eigenvalue weighted by Gasteiger charge is -2.05. The van der Waals surface area contributed by atoms with Crippen LogP contribution in [0.3, 0.4) is 0 Å². The summed E-state index contributed by atoms with van der Waals surface area (Å²) in [4.78, 5) is 0. The van der Waals surface area contributed by atoms with Crippen molar-refractivity contribution in [3.8, 4) is 11.3 Å². The highest BCUT2D eigenvalue weighted by Gasteiger charge is 2.12. The molecule has 0 aliphatic heterocycles. The summed E-state index contributed by atoms with van der Waals surface area (Å²) in [5, 5.41) is 7.51. The molecule has 0 bridgehead atoms. The van der Waals surface area contributed by atoms with Crippen LogP contribution in [0.5, 0.6) is 0 Å². The summed E-state index contributed by atoms with van der Waals surface area (Å²) in [7, 11) is 3.43. The van der Waals surface area contributed by atoms with Crippen LogP contribution in [0.15, 0.2) is 24.4 Å². The summed E-state index contributed by atoms with van der Waals surface area (Å²) in [5.41, 5.74) is 2.14. The van der Waals surface area contributed by atoms with Gasteiger partial charge < -0.3 is 10.1 Å². The Balaban J connectivity index is 2.20. The van der Waals surface area contributed by atoms with Gasteiger partial charge in [-0.3, -0.25) is 4.68 Å². The van der Waals surface area contributed by atoms with Crippen LogP contribution in [0.2, 0.25) is 0 Å². The van der Waals surface area contributed by atoms with Crippen LogP contribution < -0.4 is 5.32 Å². The van der Waals surface area contributed by atoms with Crippen molar-refractivity contribution in [2.75, 3.05) is 20.3 Å². The zero-order valence-electron chi connectivity index (χ0n) is 11.5. The minimum Gasteiger partial charge on any atom is -0.383 e. The number of halogens is 2. The minimum atomic E-state index is -0.869. The third kappa shape index (κ3) is 3.40. The van der Waals surface area contributed by atoms with Crippen molar-refractivity contribution < 1.29 is 13.5 Å². The van der Waals surface area contributed by atoms with E-state index in [2.05, 4.69) is 10.4 Å². The number of methoxy groups -OCH3 is 1. The van der Waals surface area contributed by atoms with Gasteiger partial charge in [-0.05, 0) is 18.2 Å². The maximum absolute atomic E-state index is 13.3. The Hall–Kier alpha value is -1.79. The molecule has 20 heavy (non-hydrogen) atoms. The molecule has 0 saturated heterocycles. The van der Waals surface area contributed by atoms with Crippen molar-refractivity contribution >= 4 is 0 Å². The van der Waals surface area contributed by atoms with Gasteiger partial charge in [-0.15, -0.1) is 0 Å². The van der Waals surface area contributed by atoms with Crippen LogP contribution in [0.1, 0.15) is 5.56 Å². The molecule has 0 amide bonds. The van der Waals surface area contributed by atoms with E-state index < -0.39 is 11.6 Å². The van der Waals surface area contributed by atoms with Gasteiger partial charge in [0.1, 0.15) is 0 Å². The molecule has 0 aliphatic carbocycles. The molecule has 1 aromatic carbocycles. The second-order valence-electron chi connectivity index (χ2n) is 4.48. The van der Waals surface area contributed by atoms with E-state index in [0.717, 1.165) is 17.7 Å². The number of benzene rings is 1. The summed E-state index contributed by atoms with van der Waals surface area (Å²) in [6.45, 7) is 1.91. The van der Waals surface area contributed by atoms with Crippen molar-refractivity contribution in [2.45, 2.75) is 6.54 Å². The van der Waals surface area contributed by atoms with E-state index in [0.29, 0.717) is 31.0 Å². The van der Waals surface area contributed by atoms with E-state index in [1.807, 2.05) is 6.20 Å². The highest BCUT2D eigenvalue weighted by molar-refractivity contribution is 5.62. The SMILES string of the molecule is COCCNCc1cn(C)nc1-c1ccc(F)c(F)c1. The smallest absolute Gasteiger partial charge is 0.159 e. The Morgan fingerprint density at radius 3 is 2.80 bits per heavy atom. The molecule has 1 heterocycles. The van der Waals surface area contributed by atoms with Gasteiger partial charge in [0.25, 0.3) is 0 Å². The molecule has 0 fully saturated rings. The molecular weight excluding hydrogens is 264 g/mol. The van der Waals surface area contributed by atoms with Crippen LogP contribution in [-0.4, -0.2) is 30.0 Å². The highest BCUT2D eigenvalue weighted by Crippen LogP contribution is 2.23. The Morgan fingerprint density at radius 2 is 2.10 bits per heavy atom. The van der Waals surface area contributed by atoms with Crippen molar-refractivity contribution in [3.63, 3.8) is 0 Å². The summed E-state index contributed by atoms with van der Waals surface area (Å²) in [5.74, 6) is -1.73. The number of hydrogen-bond acceptors (Lipinski definition) is 3. The number of aryl methyl sites for hydroxylation is 1. The van der Waals surface area contributed by atoms with Gasteiger partial charge in [-0.1, -0.05) is 0 Å². The first-order chi connectivity index (χ1) is 9.61. The molecule has 1 aromatic heterocycles. The van der Waals surface area contributed by atoms with Crippen molar-refractivity contribution in [1.82, 2.24) is 15.1 Å². The lowest BCUT2D eigenvalue weighted by molar-refractivity contribution is 0.199. The molecule has 1 N–H and O–H groups in total. The monoisotopic (exact) mass is 281 g/mol. The summed E-state index contributed by atoms with van der Waals surface area (Å²) in [6.07, 6.45) is 1.86. The summed E-state index contributed by atoms with van der Waals surface area (Å²) in [6, 6.07) is 3.80. The van der Waals surface area contributed by atoms with Crippen LogP contribution in [0.4, 0.5) is 8.78 Å². The fourth-order valence-corrected chi connectivity index (χ4v) is 1.95. The van der Waals surface area contributed by atoms with E-state index in [9.17, 15) is 8.78 Å². The maximum atomic E-state index is 13.3. The second kappa shape index (κ2) is 6.58. The van der Waals surface area contributed by atoms with Crippen molar-refractivity contribution in [3.05, 3.63) is 41.6 Å². The first-order valence-corrected chi connectivity index (χ1v) is 6.29. The largest absolute Gasteiger partial charge is 0.383 e. The predicted molar refractivity (Wildman–Crippen MR) is 72.1 cm³/mol. The molecule has 6 heteroatoms.